The van der Waals surface area contributed by atoms with Crippen LogP contribution in [0.3, 0.4) is 0 Å². The highest BCUT2D eigenvalue weighted by Gasteiger charge is 2.38. The zero-order valence-corrected chi connectivity index (χ0v) is 33.4. The molecule has 4 amide bonds. The van der Waals surface area contributed by atoms with Gasteiger partial charge in [0.25, 0.3) is 0 Å². The van der Waals surface area contributed by atoms with Gasteiger partial charge in [0, 0.05) is 48.1 Å². The van der Waals surface area contributed by atoms with Gasteiger partial charge in [-0.15, -0.1) is 0 Å². The maximum absolute atomic E-state index is 14.5. The molecule has 0 radical (unpaired) electrons. The lowest BCUT2D eigenvalue weighted by molar-refractivity contribution is -0.123. The molecule has 4 aromatic carbocycles. The minimum Gasteiger partial charge on any atom is -0.493 e. The fraction of sp³-hybridized carbons (Fsp3) is 0.378. The number of unbranched alkanes of at least 4 members (excludes halogenated alkanes) is 5. The van der Waals surface area contributed by atoms with Crippen molar-refractivity contribution < 1.29 is 19.1 Å². The van der Waals surface area contributed by atoms with E-state index in [1.54, 1.807) is 23.1 Å². The topological polar surface area (TPSA) is 147 Å². The third-order valence-electron chi connectivity index (χ3n) is 10.8. The quantitative estimate of drug-likeness (QED) is 0.0649. The number of aliphatic imine (C=N–C) groups is 1. The van der Waals surface area contributed by atoms with Gasteiger partial charge in [0.1, 0.15) is 18.1 Å². The Bertz CT molecular complexity index is 2000. The Morgan fingerprint density at radius 2 is 1.60 bits per heavy atom. The molecule has 0 aliphatic carbocycles. The van der Waals surface area contributed by atoms with Gasteiger partial charge in [-0.05, 0) is 66.8 Å². The summed E-state index contributed by atoms with van der Waals surface area (Å²) in [6.45, 7) is 3.63. The minimum atomic E-state index is -0.947. The maximum Gasteiger partial charge on any atom is 0.331 e. The fourth-order valence-corrected chi connectivity index (χ4v) is 8.07. The molecule has 2 aliphatic heterocycles. The second-order valence-corrected chi connectivity index (χ2v) is 15.1. The molecule has 3 atom stereocenters. The molecule has 0 saturated heterocycles. The van der Waals surface area contributed by atoms with Crippen LogP contribution in [0.5, 0.6) is 5.75 Å². The zero-order valence-electron chi connectivity index (χ0n) is 32.7. The van der Waals surface area contributed by atoms with Crippen molar-refractivity contribution in [2.24, 2.45) is 22.4 Å². The number of nitrogens with one attached hydrogen (secondary N) is 1. The molecule has 0 bridgehead atoms. The number of amides is 4. The Morgan fingerprint density at radius 3 is 2.33 bits per heavy atom. The van der Waals surface area contributed by atoms with Gasteiger partial charge in [-0.3, -0.25) is 9.59 Å². The van der Waals surface area contributed by atoms with E-state index in [1.807, 2.05) is 83.8 Å². The number of primary amides is 2. The van der Waals surface area contributed by atoms with Gasteiger partial charge in [-0.2, -0.15) is 0 Å². The summed E-state index contributed by atoms with van der Waals surface area (Å²) in [7, 11) is 0. The van der Waals surface area contributed by atoms with Gasteiger partial charge < -0.3 is 31.3 Å². The lowest BCUT2D eigenvalue weighted by Crippen LogP contribution is -2.51. The van der Waals surface area contributed by atoms with Crippen LogP contribution in [-0.4, -0.2) is 59.2 Å². The van der Waals surface area contributed by atoms with Gasteiger partial charge in [-0.1, -0.05) is 112 Å². The van der Waals surface area contributed by atoms with Crippen molar-refractivity contribution in [2.45, 2.75) is 76.9 Å². The van der Waals surface area contributed by atoms with Crippen LogP contribution in [0, 0.1) is 5.92 Å². The molecule has 0 saturated carbocycles. The number of anilines is 1. The molecule has 2 aliphatic rings. The molecule has 57 heavy (non-hydrogen) atoms. The van der Waals surface area contributed by atoms with Crippen molar-refractivity contribution in [1.82, 2.24) is 14.6 Å². The molecule has 2 heterocycles. The first-order chi connectivity index (χ1) is 27.7. The van der Waals surface area contributed by atoms with Crippen molar-refractivity contribution in [1.29, 1.82) is 0 Å². The summed E-state index contributed by atoms with van der Waals surface area (Å²) < 4.78 is 7.18. The summed E-state index contributed by atoms with van der Waals surface area (Å²) in [5.41, 5.74) is 17.0. The monoisotopic (exact) mass is 791 g/mol. The Labute approximate surface area is 341 Å². The van der Waals surface area contributed by atoms with E-state index in [2.05, 4.69) is 18.3 Å². The second-order valence-electron chi connectivity index (χ2n) is 14.7. The highest BCUT2D eigenvalue weighted by Crippen LogP contribution is 2.41. The number of carbonyl (C=O) groups is 3. The molecular weight excluding hydrogens is 738 g/mol. The van der Waals surface area contributed by atoms with E-state index in [-0.39, 0.29) is 25.1 Å². The highest BCUT2D eigenvalue weighted by atomic mass is 35.5. The molecular formula is C45H54ClN7O4. The van der Waals surface area contributed by atoms with Crippen LogP contribution in [0.2, 0.25) is 0 Å². The highest BCUT2D eigenvalue weighted by molar-refractivity contribution is 6.21. The number of nitrogens with two attached hydrogens (primary N) is 2. The standard InChI is InChI=1S/C45H54ClN7O4/c1-2-3-4-5-6-15-27-51(34-19-11-8-12-20-34)41(54)31-52-40(29-32-16-9-7-10-17-32)50-39-30-35(22-23-37(39)44(52)53(46)45(48)56)57-28-25-38(43(47)55)42-36-21-14-13-18-33(36)24-26-49-42/h7-14,16-23,30,38,42,44,49H,2-6,15,24-29,31H2,1H3,(H2,47,55)(H2,48,56). The van der Waals surface area contributed by atoms with E-state index < -0.39 is 24.0 Å². The number of halogens is 1. The first-order valence-corrected chi connectivity index (χ1v) is 20.4. The lowest BCUT2D eigenvalue weighted by Gasteiger charge is -2.41. The molecule has 4 aromatic rings. The molecule has 0 aromatic heterocycles. The number of urea groups is 1. The van der Waals surface area contributed by atoms with E-state index in [1.165, 1.54) is 24.8 Å². The van der Waals surface area contributed by atoms with Gasteiger partial charge in [-0.25, -0.2) is 14.2 Å². The molecule has 5 N–H and O–H groups in total. The largest absolute Gasteiger partial charge is 0.493 e. The molecule has 0 fully saturated rings. The Hall–Kier alpha value is -5.39. The fourth-order valence-electron chi connectivity index (χ4n) is 7.86. The molecule has 0 spiro atoms. The Kier molecular flexibility index (Phi) is 14.6. The van der Waals surface area contributed by atoms with E-state index in [9.17, 15) is 14.4 Å². The van der Waals surface area contributed by atoms with Crippen LogP contribution in [0.15, 0.2) is 108 Å². The summed E-state index contributed by atoms with van der Waals surface area (Å²) in [6, 6.07) is 31.9. The van der Waals surface area contributed by atoms with Crippen LogP contribution in [0.25, 0.3) is 0 Å². The van der Waals surface area contributed by atoms with Crippen LogP contribution in [0.4, 0.5) is 16.2 Å². The third-order valence-corrected chi connectivity index (χ3v) is 11.2. The van der Waals surface area contributed by atoms with Crippen LogP contribution < -0.4 is 26.4 Å². The van der Waals surface area contributed by atoms with Crippen molar-refractivity contribution in [3.05, 3.63) is 125 Å². The predicted molar refractivity (Wildman–Crippen MR) is 226 cm³/mol. The third kappa shape index (κ3) is 10.5. The summed E-state index contributed by atoms with van der Waals surface area (Å²) in [4.78, 5) is 48.7. The Morgan fingerprint density at radius 1 is 0.895 bits per heavy atom. The number of nitrogens with zero attached hydrogens (tertiary/aromatic N) is 4. The first kappa shape index (κ1) is 41.2. The van der Waals surface area contributed by atoms with Crippen LogP contribution in [0.1, 0.15) is 86.3 Å². The maximum atomic E-state index is 14.5. The first-order valence-electron chi connectivity index (χ1n) is 20.1. The number of ether oxygens (including phenoxy) is 1. The molecule has 6 rings (SSSR count). The second kappa shape index (κ2) is 20.2. The summed E-state index contributed by atoms with van der Waals surface area (Å²) in [5.74, 6) is 0.0377. The zero-order chi connectivity index (χ0) is 40.1. The number of amidine groups is 1. The van der Waals surface area contributed by atoms with Gasteiger partial charge in [0.15, 0.2) is 6.17 Å². The minimum absolute atomic E-state index is 0.109. The lowest BCUT2D eigenvalue weighted by atomic mass is 9.84. The summed E-state index contributed by atoms with van der Waals surface area (Å²) in [6.07, 6.45) is 7.25. The van der Waals surface area contributed by atoms with Crippen LogP contribution in [-0.2, 0) is 22.4 Å². The summed E-state index contributed by atoms with van der Waals surface area (Å²) >= 11 is 6.76. The van der Waals surface area contributed by atoms with E-state index >= 15 is 0 Å². The number of benzene rings is 4. The molecule has 11 nitrogen and oxygen atoms in total. The van der Waals surface area contributed by atoms with Crippen molar-refractivity contribution >= 4 is 46.8 Å². The van der Waals surface area contributed by atoms with Crippen molar-refractivity contribution in [3.63, 3.8) is 0 Å². The van der Waals surface area contributed by atoms with Crippen molar-refractivity contribution in [2.75, 3.05) is 31.1 Å². The number of rotatable bonds is 19. The van der Waals surface area contributed by atoms with E-state index in [0.717, 1.165) is 53.5 Å². The molecule has 300 valence electrons. The number of para-hydroxylation sites is 1. The number of fused-ring (bicyclic) bond motifs is 2. The van der Waals surface area contributed by atoms with Gasteiger partial charge in [0.2, 0.25) is 11.8 Å². The molecule has 12 heteroatoms. The number of carbonyl (C=O) groups excluding carboxylic acids is 3. The average molecular weight is 792 g/mol. The van der Waals surface area contributed by atoms with E-state index in [0.29, 0.717) is 42.2 Å². The average Bonchev–Trinajstić information content (AvgIpc) is 3.22. The smallest absolute Gasteiger partial charge is 0.331 e. The number of hydrogen-bond acceptors (Lipinski definition) is 7. The normalized spacial score (nSPS) is 16.5. The number of hydrogen-bond donors (Lipinski definition) is 3. The van der Waals surface area contributed by atoms with Gasteiger partial charge in [0.05, 0.1) is 18.2 Å². The van der Waals surface area contributed by atoms with Crippen LogP contribution >= 0.6 is 11.8 Å². The summed E-state index contributed by atoms with van der Waals surface area (Å²) in [5, 5.41) is 3.49. The Balaban J connectivity index is 1.27. The van der Waals surface area contributed by atoms with Gasteiger partial charge >= 0.3 is 6.03 Å². The van der Waals surface area contributed by atoms with Crippen molar-refractivity contribution in [3.8, 4) is 5.75 Å². The van der Waals surface area contributed by atoms with E-state index in [4.69, 9.17) is 33.0 Å². The SMILES string of the molecule is CCCCCCCCN(C(=O)CN1C(Cc2ccccc2)=Nc2cc(OCCC(C(N)=O)C3NCCc4ccccc43)ccc2C1N(Cl)C(N)=O)c1ccccc1. The molecule has 3 unspecified atom stereocenters. The predicted octanol–water partition coefficient (Wildman–Crippen LogP) is 7.96.